The highest BCUT2D eigenvalue weighted by atomic mass is 16.1. The van der Waals surface area contributed by atoms with Crippen molar-refractivity contribution >= 4 is 22.9 Å². The Morgan fingerprint density at radius 1 is 1.30 bits per heavy atom. The number of amides is 1. The lowest BCUT2D eigenvalue weighted by atomic mass is 9.97. The Bertz CT molecular complexity index is 752. The molecule has 1 amide bonds. The summed E-state index contributed by atoms with van der Waals surface area (Å²) in [6.45, 7) is 10.0. The van der Waals surface area contributed by atoms with Gasteiger partial charge in [-0.15, -0.1) is 0 Å². The summed E-state index contributed by atoms with van der Waals surface area (Å²) in [6, 6.07) is 8.20. The summed E-state index contributed by atoms with van der Waals surface area (Å²) in [4.78, 5) is 22.1. The van der Waals surface area contributed by atoms with Gasteiger partial charge in [-0.1, -0.05) is 26.0 Å². The van der Waals surface area contributed by atoms with Crippen LogP contribution >= 0.6 is 0 Å². The third-order valence-electron chi connectivity index (χ3n) is 5.68. The fourth-order valence-corrected chi connectivity index (χ4v) is 3.99. The number of anilines is 1. The topological polar surface area (TPSA) is 53.4 Å². The summed E-state index contributed by atoms with van der Waals surface area (Å²) in [5.74, 6) is 1.21. The van der Waals surface area contributed by atoms with Gasteiger partial charge in [0, 0.05) is 26.7 Å². The number of aryl methyl sites for hydroxylation is 1. The average molecular weight is 372 g/mol. The highest BCUT2D eigenvalue weighted by molar-refractivity contribution is 5.81. The molecule has 2 aromatic rings. The van der Waals surface area contributed by atoms with Gasteiger partial charge in [0.1, 0.15) is 0 Å². The van der Waals surface area contributed by atoms with E-state index in [4.69, 9.17) is 4.98 Å². The van der Waals surface area contributed by atoms with E-state index in [1.165, 1.54) is 0 Å². The average Bonchev–Trinajstić information content (AvgIpc) is 3.05. The molecule has 0 bridgehead atoms. The molecule has 0 saturated carbocycles. The number of benzene rings is 1. The number of fused-ring (bicyclic) bond motifs is 1. The molecule has 6 nitrogen and oxygen atoms in total. The number of nitrogens with zero attached hydrogens (tertiary/aromatic N) is 4. The number of nitrogens with one attached hydrogen (secondary N) is 1. The SMILES string of the molecule is CCN(CC)CCCNC(=O)[C@H]1CCCN(c2nc3ccccc3n2C)C1. The lowest BCUT2D eigenvalue weighted by Gasteiger charge is -2.32. The maximum absolute atomic E-state index is 12.6. The van der Waals surface area contributed by atoms with Gasteiger partial charge in [0.25, 0.3) is 0 Å². The first-order valence-corrected chi connectivity index (χ1v) is 10.3. The van der Waals surface area contributed by atoms with Crippen molar-refractivity contribution < 1.29 is 4.79 Å². The van der Waals surface area contributed by atoms with Crippen LogP contribution in [0.5, 0.6) is 0 Å². The van der Waals surface area contributed by atoms with Gasteiger partial charge in [-0.25, -0.2) is 4.98 Å². The normalized spacial score (nSPS) is 17.6. The van der Waals surface area contributed by atoms with Crippen LogP contribution in [0.4, 0.5) is 5.95 Å². The zero-order chi connectivity index (χ0) is 19.2. The second kappa shape index (κ2) is 9.22. The highest BCUT2D eigenvalue weighted by Crippen LogP contribution is 2.25. The fraction of sp³-hybridized carbons (Fsp3) is 0.619. The van der Waals surface area contributed by atoms with Gasteiger partial charge < -0.3 is 19.7 Å². The van der Waals surface area contributed by atoms with E-state index in [2.05, 4.69) is 46.6 Å². The fourth-order valence-electron chi connectivity index (χ4n) is 3.99. The van der Waals surface area contributed by atoms with Crippen LogP contribution in [0.3, 0.4) is 0 Å². The number of hydrogen-bond acceptors (Lipinski definition) is 4. The molecule has 0 spiro atoms. The molecular formula is C21H33N5O. The summed E-state index contributed by atoms with van der Waals surface area (Å²) in [7, 11) is 2.06. The van der Waals surface area contributed by atoms with Crippen molar-refractivity contribution in [2.75, 3.05) is 44.2 Å². The van der Waals surface area contributed by atoms with E-state index in [-0.39, 0.29) is 11.8 Å². The molecule has 3 rings (SSSR count). The number of piperidine rings is 1. The van der Waals surface area contributed by atoms with Gasteiger partial charge >= 0.3 is 0 Å². The molecule has 1 aromatic carbocycles. The van der Waals surface area contributed by atoms with Crippen LogP contribution in [-0.2, 0) is 11.8 Å². The van der Waals surface area contributed by atoms with Crippen LogP contribution in [0.15, 0.2) is 24.3 Å². The van der Waals surface area contributed by atoms with Crippen LogP contribution in [0, 0.1) is 5.92 Å². The van der Waals surface area contributed by atoms with Crippen molar-refractivity contribution in [1.29, 1.82) is 0 Å². The second-order valence-corrected chi connectivity index (χ2v) is 7.42. The Morgan fingerprint density at radius 2 is 2.07 bits per heavy atom. The molecule has 1 fully saturated rings. The number of carbonyl (C=O) groups excluding carboxylic acids is 1. The van der Waals surface area contributed by atoms with Gasteiger partial charge in [0.2, 0.25) is 11.9 Å². The minimum absolute atomic E-state index is 0.0482. The zero-order valence-corrected chi connectivity index (χ0v) is 16.9. The van der Waals surface area contributed by atoms with E-state index in [1.54, 1.807) is 0 Å². The summed E-state index contributed by atoms with van der Waals surface area (Å²) < 4.78 is 2.14. The standard InChI is InChI=1S/C21H33N5O/c1-4-25(5-2)14-9-13-22-20(27)17-10-8-15-26(16-17)21-23-18-11-6-7-12-19(18)24(21)3/h6-7,11-12,17H,4-5,8-10,13-16H2,1-3H3,(H,22,27)/t17-/m0/s1. The number of carbonyl (C=O) groups is 1. The van der Waals surface area contributed by atoms with Gasteiger partial charge in [0.05, 0.1) is 17.0 Å². The molecular weight excluding hydrogens is 338 g/mol. The van der Waals surface area contributed by atoms with Crippen molar-refractivity contribution in [2.45, 2.75) is 33.1 Å². The van der Waals surface area contributed by atoms with Crippen LogP contribution in [-0.4, -0.2) is 59.6 Å². The Kier molecular flexibility index (Phi) is 6.72. The maximum Gasteiger partial charge on any atom is 0.224 e. The Morgan fingerprint density at radius 3 is 2.81 bits per heavy atom. The summed E-state index contributed by atoms with van der Waals surface area (Å²) in [5.41, 5.74) is 2.15. The molecule has 0 radical (unpaired) electrons. The van der Waals surface area contributed by atoms with Crippen LogP contribution in [0.2, 0.25) is 0 Å². The monoisotopic (exact) mass is 371 g/mol. The van der Waals surface area contributed by atoms with E-state index in [0.29, 0.717) is 0 Å². The van der Waals surface area contributed by atoms with Crippen molar-refractivity contribution in [3.63, 3.8) is 0 Å². The zero-order valence-electron chi connectivity index (χ0n) is 16.9. The number of rotatable bonds is 8. The minimum atomic E-state index is 0.0482. The van der Waals surface area contributed by atoms with E-state index in [0.717, 1.165) is 75.5 Å². The number of aromatic nitrogens is 2. The van der Waals surface area contributed by atoms with Gasteiger partial charge in [0.15, 0.2) is 0 Å². The minimum Gasteiger partial charge on any atom is -0.356 e. The quantitative estimate of drug-likeness (QED) is 0.725. The molecule has 0 unspecified atom stereocenters. The third-order valence-corrected chi connectivity index (χ3v) is 5.68. The first-order chi connectivity index (χ1) is 13.1. The Labute approximate surface area is 162 Å². The molecule has 2 heterocycles. The number of imidazole rings is 1. The number of para-hydroxylation sites is 2. The lowest BCUT2D eigenvalue weighted by Crippen LogP contribution is -2.44. The third kappa shape index (κ3) is 4.61. The van der Waals surface area contributed by atoms with Crippen LogP contribution in [0.1, 0.15) is 33.1 Å². The molecule has 1 aromatic heterocycles. The van der Waals surface area contributed by atoms with Crippen molar-refractivity contribution in [1.82, 2.24) is 19.8 Å². The van der Waals surface area contributed by atoms with E-state index >= 15 is 0 Å². The van der Waals surface area contributed by atoms with Crippen LogP contribution in [0.25, 0.3) is 11.0 Å². The summed E-state index contributed by atoms with van der Waals surface area (Å²) >= 11 is 0. The van der Waals surface area contributed by atoms with E-state index in [1.807, 2.05) is 18.2 Å². The molecule has 1 atom stereocenters. The molecule has 1 aliphatic heterocycles. The smallest absolute Gasteiger partial charge is 0.224 e. The predicted octanol–water partition coefficient (Wildman–Crippen LogP) is 2.64. The molecule has 1 aliphatic rings. The van der Waals surface area contributed by atoms with Crippen molar-refractivity contribution in [3.8, 4) is 0 Å². The Hall–Kier alpha value is -2.08. The molecule has 1 saturated heterocycles. The highest BCUT2D eigenvalue weighted by Gasteiger charge is 2.28. The first kappa shape index (κ1) is 19.7. The molecule has 1 N–H and O–H groups in total. The first-order valence-electron chi connectivity index (χ1n) is 10.3. The van der Waals surface area contributed by atoms with Crippen molar-refractivity contribution in [2.24, 2.45) is 13.0 Å². The van der Waals surface area contributed by atoms with E-state index < -0.39 is 0 Å². The molecule has 27 heavy (non-hydrogen) atoms. The van der Waals surface area contributed by atoms with Crippen LogP contribution < -0.4 is 10.2 Å². The number of hydrogen-bond donors (Lipinski definition) is 1. The van der Waals surface area contributed by atoms with Crippen molar-refractivity contribution in [3.05, 3.63) is 24.3 Å². The maximum atomic E-state index is 12.6. The predicted molar refractivity (Wildman–Crippen MR) is 111 cm³/mol. The molecule has 0 aliphatic carbocycles. The Balaban J connectivity index is 1.55. The van der Waals surface area contributed by atoms with Gasteiger partial charge in [-0.3, -0.25) is 4.79 Å². The van der Waals surface area contributed by atoms with Gasteiger partial charge in [-0.2, -0.15) is 0 Å². The second-order valence-electron chi connectivity index (χ2n) is 7.42. The summed E-state index contributed by atoms with van der Waals surface area (Å²) in [6.07, 6.45) is 3.00. The van der Waals surface area contributed by atoms with E-state index in [9.17, 15) is 4.79 Å². The molecule has 6 heteroatoms. The summed E-state index contributed by atoms with van der Waals surface area (Å²) in [5, 5.41) is 3.15. The lowest BCUT2D eigenvalue weighted by molar-refractivity contribution is -0.125. The largest absolute Gasteiger partial charge is 0.356 e. The van der Waals surface area contributed by atoms with Gasteiger partial charge in [-0.05, 0) is 51.0 Å². The molecule has 148 valence electrons.